The van der Waals surface area contributed by atoms with Crippen molar-refractivity contribution in [2.24, 2.45) is 0 Å². The summed E-state index contributed by atoms with van der Waals surface area (Å²) >= 11 is 0. The van der Waals surface area contributed by atoms with E-state index in [-0.39, 0.29) is 11.4 Å². The maximum absolute atomic E-state index is 11.3. The smallest absolute Gasteiger partial charge is 0.261 e. The monoisotopic (exact) mass is 192 g/mol. The van der Waals surface area contributed by atoms with Gasteiger partial charge in [0.15, 0.2) is 0 Å². The number of pyridine rings is 1. The van der Waals surface area contributed by atoms with Crippen LogP contribution in [-0.4, -0.2) is 21.6 Å². The molecule has 5 heteroatoms. The highest BCUT2D eigenvalue weighted by atomic mass is 16.5. The second-order valence-corrected chi connectivity index (χ2v) is 2.75. The van der Waals surface area contributed by atoms with Crippen LogP contribution in [0.3, 0.4) is 0 Å². The van der Waals surface area contributed by atoms with E-state index >= 15 is 0 Å². The van der Waals surface area contributed by atoms with Gasteiger partial charge in [0.05, 0.1) is 13.2 Å². The van der Waals surface area contributed by atoms with Crippen LogP contribution < -0.4 is 10.3 Å². The molecular formula is C9H8N2O3. The van der Waals surface area contributed by atoms with Gasteiger partial charge < -0.3 is 9.84 Å². The van der Waals surface area contributed by atoms with E-state index in [1.807, 2.05) is 0 Å². The van der Waals surface area contributed by atoms with E-state index in [9.17, 15) is 4.79 Å². The summed E-state index contributed by atoms with van der Waals surface area (Å²) < 4.78 is 6.29. The molecule has 0 fully saturated rings. The lowest BCUT2D eigenvalue weighted by Gasteiger charge is -2.02. The van der Waals surface area contributed by atoms with Crippen molar-refractivity contribution in [1.82, 2.24) is 9.38 Å². The number of rotatable bonds is 1. The summed E-state index contributed by atoms with van der Waals surface area (Å²) in [7, 11) is 1.52. The van der Waals surface area contributed by atoms with Crippen molar-refractivity contribution in [1.29, 1.82) is 0 Å². The zero-order chi connectivity index (χ0) is 10.1. The fraction of sp³-hybridized carbons (Fsp3) is 0.111. The highest BCUT2D eigenvalue weighted by molar-refractivity contribution is 5.45. The Morgan fingerprint density at radius 3 is 3.00 bits per heavy atom. The van der Waals surface area contributed by atoms with Crippen molar-refractivity contribution in [2.45, 2.75) is 0 Å². The zero-order valence-electron chi connectivity index (χ0n) is 7.47. The zero-order valence-corrected chi connectivity index (χ0v) is 7.47. The van der Waals surface area contributed by atoms with Crippen molar-refractivity contribution in [3.8, 4) is 11.6 Å². The van der Waals surface area contributed by atoms with Gasteiger partial charge >= 0.3 is 0 Å². The van der Waals surface area contributed by atoms with Crippen LogP contribution in [0, 0.1) is 0 Å². The van der Waals surface area contributed by atoms with Crippen molar-refractivity contribution in [2.75, 3.05) is 7.11 Å². The summed E-state index contributed by atoms with van der Waals surface area (Å²) in [6.45, 7) is 0. The van der Waals surface area contributed by atoms with Crippen LogP contribution in [0.15, 0.2) is 29.2 Å². The van der Waals surface area contributed by atoms with Crippen molar-refractivity contribution >= 4 is 5.65 Å². The molecule has 2 aromatic rings. The molecule has 0 saturated carbocycles. The van der Waals surface area contributed by atoms with Gasteiger partial charge in [-0.1, -0.05) is 0 Å². The number of hydrogen-bond donors (Lipinski definition) is 1. The molecule has 2 rings (SSSR count). The Bertz CT molecular complexity index is 533. The average Bonchev–Trinajstić information content (AvgIpc) is 2.16. The SMILES string of the molecule is COc1ccn2c(=O)cc(O)nc2c1. The standard InChI is InChI=1S/C9H8N2O3/c1-14-6-2-3-11-7(4-6)10-8(12)5-9(11)13/h2-5,12H,1H3. The maximum Gasteiger partial charge on any atom is 0.261 e. The Morgan fingerprint density at radius 1 is 1.50 bits per heavy atom. The highest BCUT2D eigenvalue weighted by Crippen LogP contribution is 2.12. The number of aromatic nitrogens is 2. The molecular weight excluding hydrogens is 184 g/mol. The topological polar surface area (TPSA) is 63.8 Å². The molecule has 0 radical (unpaired) electrons. The summed E-state index contributed by atoms with van der Waals surface area (Å²) in [5.41, 5.74) is 0.0319. The van der Waals surface area contributed by atoms with Crippen LogP contribution in [0.1, 0.15) is 0 Å². The predicted molar refractivity (Wildman–Crippen MR) is 49.7 cm³/mol. The number of methoxy groups -OCH3 is 1. The van der Waals surface area contributed by atoms with Crippen LogP contribution in [0.5, 0.6) is 11.6 Å². The van der Waals surface area contributed by atoms with Crippen molar-refractivity contribution in [3.05, 3.63) is 34.7 Å². The van der Waals surface area contributed by atoms with E-state index in [1.54, 1.807) is 18.3 Å². The third-order valence-electron chi connectivity index (χ3n) is 1.86. The van der Waals surface area contributed by atoms with Crippen molar-refractivity contribution in [3.63, 3.8) is 0 Å². The van der Waals surface area contributed by atoms with E-state index in [1.165, 1.54) is 11.5 Å². The summed E-state index contributed by atoms with van der Waals surface area (Å²) in [4.78, 5) is 15.1. The van der Waals surface area contributed by atoms with Gasteiger partial charge in [-0.15, -0.1) is 0 Å². The van der Waals surface area contributed by atoms with Gasteiger partial charge in [-0.05, 0) is 6.07 Å². The number of aromatic hydroxyl groups is 1. The molecule has 2 aromatic heterocycles. The van der Waals surface area contributed by atoms with E-state index in [0.717, 1.165) is 6.07 Å². The quantitative estimate of drug-likeness (QED) is 0.710. The fourth-order valence-corrected chi connectivity index (χ4v) is 1.20. The van der Waals surface area contributed by atoms with E-state index in [4.69, 9.17) is 9.84 Å². The molecule has 0 atom stereocenters. The number of fused-ring (bicyclic) bond motifs is 1. The molecule has 0 saturated heterocycles. The third-order valence-corrected chi connectivity index (χ3v) is 1.86. The average molecular weight is 192 g/mol. The first-order chi connectivity index (χ1) is 6.70. The molecule has 72 valence electrons. The molecule has 0 aliphatic rings. The van der Waals surface area contributed by atoms with Crippen LogP contribution in [0.2, 0.25) is 0 Å². The molecule has 0 aliphatic heterocycles. The molecule has 0 bridgehead atoms. The largest absolute Gasteiger partial charge is 0.497 e. The lowest BCUT2D eigenvalue weighted by molar-refractivity contribution is 0.414. The molecule has 14 heavy (non-hydrogen) atoms. The fourth-order valence-electron chi connectivity index (χ4n) is 1.20. The first-order valence-electron chi connectivity index (χ1n) is 3.97. The second kappa shape index (κ2) is 3.02. The van der Waals surface area contributed by atoms with Gasteiger partial charge in [0.25, 0.3) is 5.56 Å². The van der Waals surface area contributed by atoms with Gasteiger partial charge in [0.2, 0.25) is 5.88 Å². The number of nitrogens with zero attached hydrogens (tertiary/aromatic N) is 2. The molecule has 1 N–H and O–H groups in total. The van der Waals surface area contributed by atoms with Crippen LogP contribution in [-0.2, 0) is 0 Å². The minimum Gasteiger partial charge on any atom is -0.497 e. The number of hydrogen-bond acceptors (Lipinski definition) is 4. The van der Waals surface area contributed by atoms with Gasteiger partial charge in [-0.2, -0.15) is 4.98 Å². The second-order valence-electron chi connectivity index (χ2n) is 2.75. The Hall–Kier alpha value is -2.04. The summed E-state index contributed by atoms with van der Waals surface area (Å²) in [6.07, 6.45) is 1.54. The summed E-state index contributed by atoms with van der Waals surface area (Å²) in [5, 5.41) is 9.11. The van der Waals surface area contributed by atoms with Gasteiger partial charge in [0, 0.05) is 12.3 Å². The minimum absolute atomic E-state index is 0.289. The Kier molecular flexibility index (Phi) is 1.85. The molecule has 2 heterocycles. The Labute approximate surface area is 79.2 Å². The third kappa shape index (κ3) is 1.28. The Morgan fingerprint density at radius 2 is 2.29 bits per heavy atom. The lowest BCUT2D eigenvalue weighted by Crippen LogP contribution is -2.12. The summed E-state index contributed by atoms with van der Waals surface area (Å²) in [5.74, 6) is 0.297. The lowest BCUT2D eigenvalue weighted by atomic mass is 10.4. The van der Waals surface area contributed by atoms with E-state index < -0.39 is 0 Å². The molecule has 5 nitrogen and oxygen atoms in total. The summed E-state index contributed by atoms with van der Waals surface area (Å²) in [6, 6.07) is 4.27. The predicted octanol–water partition coefficient (Wildman–Crippen LogP) is 0.409. The van der Waals surface area contributed by atoms with Gasteiger partial charge in [0.1, 0.15) is 11.4 Å². The first-order valence-corrected chi connectivity index (χ1v) is 3.97. The molecule has 0 aromatic carbocycles. The normalized spacial score (nSPS) is 10.4. The van der Waals surface area contributed by atoms with Crippen LogP contribution in [0.4, 0.5) is 0 Å². The molecule has 0 spiro atoms. The van der Waals surface area contributed by atoms with E-state index in [0.29, 0.717) is 11.4 Å². The van der Waals surface area contributed by atoms with Crippen molar-refractivity contribution < 1.29 is 9.84 Å². The minimum atomic E-state index is -0.324. The highest BCUT2D eigenvalue weighted by Gasteiger charge is 2.01. The molecule has 0 amide bonds. The van der Waals surface area contributed by atoms with Crippen LogP contribution in [0.25, 0.3) is 5.65 Å². The number of ether oxygens (including phenoxy) is 1. The van der Waals surface area contributed by atoms with E-state index in [2.05, 4.69) is 4.98 Å². The molecule has 0 unspecified atom stereocenters. The molecule has 0 aliphatic carbocycles. The first kappa shape index (κ1) is 8.55. The van der Waals surface area contributed by atoms with Gasteiger partial charge in [-0.25, -0.2) is 0 Å². The van der Waals surface area contributed by atoms with Gasteiger partial charge in [-0.3, -0.25) is 9.20 Å². The van der Waals surface area contributed by atoms with Crippen LogP contribution >= 0.6 is 0 Å². The maximum atomic E-state index is 11.3. The Balaban J connectivity index is 2.82.